The third kappa shape index (κ3) is 1.88. The van der Waals surface area contributed by atoms with E-state index >= 15 is 0 Å². The number of aryl methyl sites for hydroxylation is 1. The van der Waals surface area contributed by atoms with Gasteiger partial charge in [-0.25, -0.2) is 0 Å². The van der Waals surface area contributed by atoms with Gasteiger partial charge in [0, 0.05) is 10.6 Å². The van der Waals surface area contributed by atoms with Gasteiger partial charge < -0.3 is 0 Å². The third-order valence-corrected chi connectivity index (χ3v) is 2.21. The summed E-state index contributed by atoms with van der Waals surface area (Å²) < 4.78 is 0. The Hall–Kier alpha value is -1.33. The Labute approximate surface area is 81.7 Å². The molecule has 0 heterocycles. The molecule has 1 aromatic carbocycles. The van der Waals surface area contributed by atoms with E-state index in [1.807, 2.05) is 6.07 Å². The van der Waals surface area contributed by atoms with Crippen LogP contribution >= 0.6 is 11.6 Å². The Bertz CT molecular complexity index is 404. The minimum atomic E-state index is -0.115. The first-order chi connectivity index (χ1) is 6.06. The molecule has 13 heavy (non-hydrogen) atoms. The molecular formula is C10H8ClNO. The number of halogens is 1. The molecule has 1 rings (SSSR count). The van der Waals surface area contributed by atoms with Crippen LogP contribution in [-0.2, 0) is 0 Å². The van der Waals surface area contributed by atoms with E-state index in [-0.39, 0.29) is 5.78 Å². The zero-order chi connectivity index (χ0) is 10.0. The Balaban J connectivity index is 3.44. The van der Waals surface area contributed by atoms with E-state index in [9.17, 15) is 4.79 Å². The van der Waals surface area contributed by atoms with Crippen LogP contribution in [0.15, 0.2) is 12.1 Å². The van der Waals surface area contributed by atoms with E-state index in [0.29, 0.717) is 16.1 Å². The van der Waals surface area contributed by atoms with E-state index in [2.05, 4.69) is 0 Å². The smallest absolute Gasteiger partial charge is 0.161 e. The number of nitriles is 1. The highest BCUT2D eigenvalue weighted by atomic mass is 35.5. The molecule has 3 heteroatoms. The molecule has 0 aliphatic heterocycles. The molecule has 0 saturated carbocycles. The summed E-state index contributed by atoms with van der Waals surface area (Å²) in [5.74, 6) is -0.115. The van der Waals surface area contributed by atoms with Crippen molar-refractivity contribution in [1.82, 2.24) is 0 Å². The Morgan fingerprint density at radius 2 is 2.15 bits per heavy atom. The zero-order valence-electron chi connectivity index (χ0n) is 7.39. The molecule has 0 amide bonds. The number of hydrogen-bond acceptors (Lipinski definition) is 2. The minimum Gasteiger partial charge on any atom is -0.294 e. The monoisotopic (exact) mass is 193 g/mol. The number of ketones is 1. The molecule has 66 valence electrons. The van der Waals surface area contributed by atoms with Gasteiger partial charge in [-0.1, -0.05) is 11.6 Å². The molecule has 0 saturated heterocycles. The summed E-state index contributed by atoms with van der Waals surface area (Å²) in [6.45, 7) is 3.24. The summed E-state index contributed by atoms with van der Waals surface area (Å²) in [6.07, 6.45) is 0. The van der Waals surface area contributed by atoms with E-state index in [1.54, 1.807) is 13.0 Å². The van der Waals surface area contributed by atoms with Gasteiger partial charge in [-0.05, 0) is 31.5 Å². The standard InChI is InChI=1S/C10H8ClNO/c1-6-3-9(7(2)13)8(5-12)4-10(6)11/h3-4H,1-2H3. The van der Waals surface area contributed by atoms with Crippen LogP contribution in [0, 0.1) is 18.3 Å². The summed E-state index contributed by atoms with van der Waals surface area (Å²) in [4.78, 5) is 11.1. The van der Waals surface area contributed by atoms with Gasteiger partial charge in [0.15, 0.2) is 5.78 Å². The maximum atomic E-state index is 11.1. The highest BCUT2D eigenvalue weighted by Gasteiger charge is 2.09. The molecule has 0 spiro atoms. The molecule has 0 atom stereocenters. The zero-order valence-corrected chi connectivity index (χ0v) is 8.14. The van der Waals surface area contributed by atoms with Gasteiger partial charge in [-0.3, -0.25) is 4.79 Å². The summed E-state index contributed by atoms with van der Waals surface area (Å²) in [7, 11) is 0. The van der Waals surface area contributed by atoms with Gasteiger partial charge in [-0.15, -0.1) is 0 Å². The number of nitrogens with zero attached hydrogens (tertiary/aromatic N) is 1. The number of rotatable bonds is 1. The maximum Gasteiger partial charge on any atom is 0.161 e. The van der Waals surface area contributed by atoms with Crippen molar-refractivity contribution in [1.29, 1.82) is 5.26 Å². The fourth-order valence-electron chi connectivity index (χ4n) is 1.07. The van der Waals surface area contributed by atoms with Gasteiger partial charge in [0.05, 0.1) is 11.6 Å². The van der Waals surface area contributed by atoms with Crippen LogP contribution in [0.1, 0.15) is 28.4 Å². The predicted octanol–water partition coefficient (Wildman–Crippen LogP) is 2.72. The Morgan fingerprint density at radius 3 is 2.62 bits per heavy atom. The first-order valence-electron chi connectivity index (χ1n) is 3.77. The summed E-state index contributed by atoms with van der Waals surface area (Å²) >= 11 is 5.81. The average molecular weight is 194 g/mol. The summed E-state index contributed by atoms with van der Waals surface area (Å²) in [5, 5.41) is 9.24. The quantitative estimate of drug-likeness (QED) is 0.644. The number of hydrogen-bond donors (Lipinski definition) is 0. The third-order valence-electron chi connectivity index (χ3n) is 1.80. The topological polar surface area (TPSA) is 40.9 Å². The lowest BCUT2D eigenvalue weighted by atomic mass is 10.0. The maximum absolute atomic E-state index is 11.1. The van der Waals surface area contributed by atoms with E-state index < -0.39 is 0 Å². The van der Waals surface area contributed by atoms with Crippen molar-refractivity contribution in [3.05, 3.63) is 33.8 Å². The molecule has 0 aliphatic carbocycles. The van der Waals surface area contributed by atoms with Crippen molar-refractivity contribution < 1.29 is 4.79 Å². The van der Waals surface area contributed by atoms with Crippen LogP contribution in [0.4, 0.5) is 0 Å². The first-order valence-corrected chi connectivity index (χ1v) is 4.15. The van der Waals surface area contributed by atoms with Crippen LogP contribution in [0.25, 0.3) is 0 Å². The summed E-state index contributed by atoms with van der Waals surface area (Å²) in [6, 6.07) is 5.10. The number of Topliss-reactive ketones (excluding diaryl/α,β-unsaturated/α-hetero) is 1. The fourth-order valence-corrected chi connectivity index (χ4v) is 1.23. The molecule has 0 radical (unpaired) electrons. The van der Waals surface area contributed by atoms with E-state index in [0.717, 1.165) is 5.56 Å². The highest BCUT2D eigenvalue weighted by molar-refractivity contribution is 6.31. The van der Waals surface area contributed by atoms with E-state index in [1.165, 1.54) is 13.0 Å². The fraction of sp³-hybridized carbons (Fsp3) is 0.200. The second kappa shape index (κ2) is 3.59. The molecule has 2 nitrogen and oxygen atoms in total. The molecule has 0 N–H and O–H groups in total. The van der Waals surface area contributed by atoms with Gasteiger partial charge in [0.1, 0.15) is 0 Å². The van der Waals surface area contributed by atoms with Crippen molar-refractivity contribution >= 4 is 17.4 Å². The lowest BCUT2D eigenvalue weighted by molar-refractivity contribution is 0.101. The van der Waals surface area contributed by atoms with E-state index in [4.69, 9.17) is 16.9 Å². The average Bonchev–Trinajstić information content (AvgIpc) is 2.08. The van der Waals surface area contributed by atoms with Crippen LogP contribution in [0.2, 0.25) is 5.02 Å². The number of carbonyl (C=O) groups is 1. The normalized spacial score (nSPS) is 9.38. The molecule has 0 bridgehead atoms. The molecule has 0 aromatic heterocycles. The Morgan fingerprint density at radius 1 is 1.54 bits per heavy atom. The second-order valence-corrected chi connectivity index (χ2v) is 3.22. The van der Waals surface area contributed by atoms with Crippen LogP contribution in [0.3, 0.4) is 0 Å². The van der Waals surface area contributed by atoms with Crippen LogP contribution < -0.4 is 0 Å². The lowest BCUT2D eigenvalue weighted by Gasteiger charge is -2.02. The minimum absolute atomic E-state index is 0.115. The molecule has 0 fully saturated rings. The van der Waals surface area contributed by atoms with Crippen molar-refractivity contribution in [2.45, 2.75) is 13.8 Å². The summed E-state index contributed by atoms with van der Waals surface area (Å²) in [5.41, 5.74) is 1.58. The Kier molecular flexibility index (Phi) is 2.69. The van der Waals surface area contributed by atoms with Crippen LogP contribution in [0.5, 0.6) is 0 Å². The SMILES string of the molecule is CC(=O)c1cc(C)c(Cl)cc1C#N. The predicted molar refractivity (Wildman–Crippen MR) is 50.9 cm³/mol. The second-order valence-electron chi connectivity index (χ2n) is 2.81. The number of carbonyl (C=O) groups excluding carboxylic acids is 1. The van der Waals surface area contributed by atoms with Crippen molar-refractivity contribution in [3.8, 4) is 6.07 Å². The van der Waals surface area contributed by atoms with Crippen molar-refractivity contribution in [2.24, 2.45) is 0 Å². The molecule has 0 aliphatic rings. The number of benzene rings is 1. The molecular weight excluding hydrogens is 186 g/mol. The van der Waals surface area contributed by atoms with Gasteiger partial charge >= 0.3 is 0 Å². The van der Waals surface area contributed by atoms with Gasteiger partial charge in [0.2, 0.25) is 0 Å². The van der Waals surface area contributed by atoms with Crippen molar-refractivity contribution in [2.75, 3.05) is 0 Å². The largest absolute Gasteiger partial charge is 0.294 e. The van der Waals surface area contributed by atoms with Crippen molar-refractivity contribution in [3.63, 3.8) is 0 Å². The van der Waals surface area contributed by atoms with Crippen LogP contribution in [-0.4, -0.2) is 5.78 Å². The molecule has 0 unspecified atom stereocenters. The molecule has 1 aromatic rings. The first kappa shape index (κ1) is 9.76. The van der Waals surface area contributed by atoms with Gasteiger partial charge in [-0.2, -0.15) is 5.26 Å². The highest BCUT2D eigenvalue weighted by Crippen LogP contribution is 2.20. The van der Waals surface area contributed by atoms with Gasteiger partial charge in [0.25, 0.3) is 0 Å². The lowest BCUT2D eigenvalue weighted by Crippen LogP contribution is -1.97.